The summed E-state index contributed by atoms with van der Waals surface area (Å²) in [6.45, 7) is 4.35. The predicted octanol–water partition coefficient (Wildman–Crippen LogP) is 2.94. The van der Waals surface area contributed by atoms with E-state index in [1.165, 1.54) is 0 Å². The Bertz CT molecular complexity index is 405. The molecular weight excluding hydrogens is 351 g/mol. The largest absolute Gasteiger partial charge is 0.396 e. The molecule has 0 aliphatic carbocycles. The zero-order chi connectivity index (χ0) is 12.5. The fraction of sp³-hybridized carbons (Fsp3) is 0.583. The zero-order valence-electron chi connectivity index (χ0n) is 9.79. The number of halogens is 2. The summed E-state index contributed by atoms with van der Waals surface area (Å²) in [5.74, 6) is 0. The fourth-order valence-electron chi connectivity index (χ4n) is 2.09. The van der Waals surface area contributed by atoms with Crippen molar-refractivity contribution in [1.82, 2.24) is 4.98 Å². The Balaban J connectivity index is 2.13. The lowest BCUT2D eigenvalue weighted by Crippen LogP contribution is -2.40. The lowest BCUT2D eigenvalue weighted by atomic mass is 9.81. The third-order valence-corrected chi connectivity index (χ3v) is 4.53. The average Bonchev–Trinajstić information content (AvgIpc) is 2.34. The third kappa shape index (κ3) is 3.03. The van der Waals surface area contributed by atoms with E-state index in [-0.39, 0.29) is 12.0 Å². The van der Waals surface area contributed by atoms with Gasteiger partial charge in [0, 0.05) is 25.9 Å². The molecule has 1 aromatic heterocycles. The summed E-state index contributed by atoms with van der Waals surface area (Å²) in [5, 5.41) is 9.89. The molecule has 0 bridgehead atoms. The smallest absolute Gasteiger partial charge is 0.131 e. The van der Waals surface area contributed by atoms with Gasteiger partial charge >= 0.3 is 0 Å². The van der Waals surface area contributed by atoms with Crippen molar-refractivity contribution >= 4 is 39.9 Å². The van der Waals surface area contributed by atoms with E-state index in [1.54, 1.807) is 6.20 Å². The van der Waals surface area contributed by atoms with Crippen LogP contribution >= 0.6 is 34.2 Å². The molecule has 0 saturated carbocycles. The quantitative estimate of drug-likeness (QED) is 0.646. The Hall–Kier alpha value is -0.0700. The molecule has 0 aromatic carbocycles. The third-order valence-electron chi connectivity index (χ3n) is 3.49. The van der Waals surface area contributed by atoms with Crippen LogP contribution in [0.15, 0.2) is 12.3 Å². The summed E-state index contributed by atoms with van der Waals surface area (Å²) in [4.78, 5) is 6.40. The highest BCUT2D eigenvalue weighted by Gasteiger charge is 2.30. The van der Waals surface area contributed by atoms with Gasteiger partial charge in [-0.3, -0.25) is 0 Å². The maximum atomic E-state index is 9.35. The van der Waals surface area contributed by atoms with Gasteiger partial charge in [-0.25, -0.2) is 4.98 Å². The minimum Gasteiger partial charge on any atom is -0.396 e. The molecule has 1 aromatic rings. The zero-order valence-corrected chi connectivity index (χ0v) is 12.7. The summed E-state index contributed by atoms with van der Waals surface area (Å²) < 4.78 is 1.12. The molecule has 0 amide bonds. The van der Waals surface area contributed by atoms with Crippen LogP contribution in [0.3, 0.4) is 0 Å². The van der Waals surface area contributed by atoms with Gasteiger partial charge in [-0.2, -0.15) is 0 Å². The summed E-state index contributed by atoms with van der Waals surface area (Å²) >= 11 is 8.22. The molecule has 0 atom stereocenters. The monoisotopic (exact) mass is 366 g/mol. The molecule has 1 saturated heterocycles. The standard InChI is InChI=1S/C12H16ClIN2O/c1-12(8-17)2-4-16(5-3-12)10-6-11(13)15-7-9(10)14/h6-7,17H,2-5,8H2,1H3. The second kappa shape index (κ2) is 5.28. The van der Waals surface area contributed by atoms with E-state index in [0.29, 0.717) is 5.15 Å². The molecule has 1 fully saturated rings. The number of nitrogens with zero attached hydrogens (tertiary/aromatic N) is 2. The van der Waals surface area contributed by atoms with E-state index >= 15 is 0 Å². The molecule has 0 spiro atoms. The van der Waals surface area contributed by atoms with Gasteiger partial charge in [-0.1, -0.05) is 18.5 Å². The van der Waals surface area contributed by atoms with E-state index in [1.807, 2.05) is 6.07 Å². The normalized spacial score (nSPS) is 19.4. The first kappa shape index (κ1) is 13.4. The summed E-state index contributed by atoms with van der Waals surface area (Å²) in [5.41, 5.74) is 1.24. The lowest BCUT2D eigenvalue weighted by molar-refractivity contribution is 0.115. The van der Waals surface area contributed by atoms with Crippen LogP contribution in [-0.2, 0) is 0 Å². The molecule has 5 heteroatoms. The van der Waals surface area contributed by atoms with Crippen LogP contribution in [0.4, 0.5) is 5.69 Å². The van der Waals surface area contributed by atoms with Crippen molar-refractivity contribution in [2.24, 2.45) is 5.41 Å². The van der Waals surface area contributed by atoms with Crippen molar-refractivity contribution in [2.75, 3.05) is 24.6 Å². The second-order valence-electron chi connectivity index (χ2n) is 4.91. The molecule has 0 radical (unpaired) electrons. The van der Waals surface area contributed by atoms with Crippen molar-refractivity contribution in [3.63, 3.8) is 0 Å². The molecule has 1 aliphatic rings. The Labute approximate surface area is 120 Å². The van der Waals surface area contributed by atoms with Crippen LogP contribution in [0.25, 0.3) is 0 Å². The lowest BCUT2D eigenvalue weighted by Gasteiger charge is -2.39. The first-order valence-electron chi connectivity index (χ1n) is 5.71. The molecule has 3 nitrogen and oxygen atoms in total. The number of aliphatic hydroxyl groups excluding tert-OH is 1. The Morgan fingerprint density at radius 1 is 1.53 bits per heavy atom. The number of piperidine rings is 1. The van der Waals surface area contributed by atoms with Gasteiger partial charge in [-0.15, -0.1) is 0 Å². The van der Waals surface area contributed by atoms with Crippen LogP contribution in [-0.4, -0.2) is 29.8 Å². The topological polar surface area (TPSA) is 36.4 Å². The average molecular weight is 367 g/mol. The molecule has 94 valence electrons. The highest BCUT2D eigenvalue weighted by atomic mass is 127. The Morgan fingerprint density at radius 3 is 2.76 bits per heavy atom. The number of aliphatic hydroxyl groups is 1. The van der Waals surface area contributed by atoms with Gasteiger partial charge in [0.1, 0.15) is 5.15 Å². The summed E-state index contributed by atoms with van der Waals surface area (Å²) in [6.07, 6.45) is 3.83. The first-order chi connectivity index (χ1) is 8.04. The number of hydrogen-bond donors (Lipinski definition) is 1. The van der Waals surface area contributed by atoms with E-state index in [0.717, 1.165) is 35.2 Å². The van der Waals surface area contributed by atoms with Crippen molar-refractivity contribution in [2.45, 2.75) is 19.8 Å². The molecular formula is C12H16ClIN2O. The van der Waals surface area contributed by atoms with Crippen LogP contribution in [0.2, 0.25) is 5.15 Å². The number of pyridine rings is 1. The van der Waals surface area contributed by atoms with Crippen LogP contribution in [0, 0.1) is 8.99 Å². The van der Waals surface area contributed by atoms with Crippen LogP contribution < -0.4 is 4.90 Å². The maximum absolute atomic E-state index is 9.35. The minimum atomic E-state index is 0.0821. The highest BCUT2D eigenvalue weighted by Crippen LogP contribution is 2.34. The Morgan fingerprint density at radius 2 is 2.18 bits per heavy atom. The molecule has 2 heterocycles. The van der Waals surface area contributed by atoms with Gasteiger partial charge in [-0.05, 0) is 46.9 Å². The molecule has 0 unspecified atom stereocenters. The van der Waals surface area contributed by atoms with Gasteiger partial charge < -0.3 is 10.0 Å². The van der Waals surface area contributed by atoms with Gasteiger partial charge in [0.25, 0.3) is 0 Å². The molecule has 2 rings (SSSR count). The SMILES string of the molecule is CC1(CO)CCN(c2cc(Cl)ncc2I)CC1. The second-order valence-corrected chi connectivity index (χ2v) is 6.46. The highest BCUT2D eigenvalue weighted by molar-refractivity contribution is 14.1. The molecule has 1 aliphatic heterocycles. The summed E-state index contributed by atoms with van der Waals surface area (Å²) in [7, 11) is 0. The number of aromatic nitrogens is 1. The van der Waals surface area contributed by atoms with Crippen molar-refractivity contribution in [1.29, 1.82) is 0 Å². The van der Waals surface area contributed by atoms with E-state index in [9.17, 15) is 5.11 Å². The minimum absolute atomic E-state index is 0.0821. The molecule has 17 heavy (non-hydrogen) atoms. The van der Waals surface area contributed by atoms with Crippen molar-refractivity contribution in [3.05, 3.63) is 21.0 Å². The maximum Gasteiger partial charge on any atom is 0.131 e. The van der Waals surface area contributed by atoms with E-state index < -0.39 is 0 Å². The van der Waals surface area contributed by atoms with Gasteiger partial charge in [0.15, 0.2) is 0 Å². The Kier molecular flexibility index (Phi) is 4.15. The fourth-order valence-corrected chi connectivity index (χ4v) is 2.88. The van der Waals surface area contributed by atoms with Crippen LogP contribution in [0.1, 0.15) is 19.8 Å². The number of anilines is 1. The van der Waals surface area contributed by atoms with Crippen molar-refractivity contribution in [3.8, 4) is 0 Å². The first-order valence-corrected chi connectivity index (χ1v) is 7.17. The number of hydrogen-bond acceptors (Lipinski definition) is 3. The van der Waals surface area contributed by atoms with Crippen LogP contribution in [0.5, 0.6) is 0 Å². The predicted molar refractivity (Wildman–Crippen MR) is 78.6 cm³/mol. The number of rotatable bonds is 2. The van der Waals surface area contributed by atoms with Gasteiger partial charge in [0.05, 0.1) is 9.26 Å². The summed E-state index contributed by atoms with van der Waals surface area (Å²) in [6, 6.07) is 1.92. The van der Waals surface area contributed by atoms with E-state index in [4.69, 9.17) is 11.6 Å². The molecule has 1 N–H and O–H groups in total. The van der Waals surface area contributed by atoms with Gasteiger partial charge in [0.2, 0.25) is 0 Å². The van der Waals surface area contributed by atoms with E-state index in [2.05, 4.69) is 39.4 Å². The van der Waals surface area contributed by atoms with Crippen molar-refractivity contribution < 1.29 is 5.11 Å².